The standard InChI is InChI=1S/C20H22O3/c1-22-12-15(11-21)13-23-14-20-18-8-4-2-6-16(18)10-17-7-3-5-9-19(17)20/h2-10,15,21H,11-14H2,1H3. The van der Waals surface area contributed by atoms with E-state index in [0.717, 1.165) is 0 Å². The molecule has 3 aromatic carbocycles. The zero-order valence-corrected chi connectivity index (χ0v) is 13.4. The lowest BCUT2D eigenvalue weighted by molar-refractivity contribution is 0.0253. The maximum absolute atomic E-state index is 9.34. The molecule has 0 aliphatic heterocycles. The molecule has 23 heavy (non-hydrogen) atoms. The molecule has 0 aliphatic carbocycles. The summed E-state index contributed by atoms with van der Waals surface area (Å²) < 4.78 is 11.0. The fourth-order valence-electron chi connectivity index (χ4n) is 2.98. The molecular formula is C20H22O3. The molecule has 3 rings (SSSR count). The molecule has 1 N–H and O–H groups in total. The lowest BCUT2D eigenvalue weighted by Gasteiger charge is -2.15. The minimum atomic E-state index is 0.0150. The third-order valence-electron chi connectivity index (χ3n) is 4.14. The highest BCUT2D eigenvalue weighted by Gasteiger charge is 2.10. The van der Waals surface area contributed by atoms with Gasteiger partial charge in [0.2, 0.25) is 0 Å². The van der Waals surface area contributed by atoms with E-state index in [2.05, 4.69) is 54.6 Å². The first-order valence-electron chi connectivity index (χ1n) is 7.90. The molecule has 3 heteroatoms. The lowest BCUT2D eigenvalue weighted by atomic mass is 9.97. The maximum Gasteiger partial charge on any atom is 0.0729 e. The zero-order valence-electron chi connectivity index (χ0n) is 13.4. The Labute approximate surface area is 136 Å². The third kappa shape index (κ3) is 3.53. The second-order valence-corrected chi connectivity index (χ2v) is 5.82. The van der Waals surface area contributed by atoms with Crippen LogP contribution < -0.4 is 0 Å². The molecule has 3 aromatic rings. The van der Waals surface area contributed by atoms with Crippen LogP contribution in [0.15, 0.2) is 54.6 Å². The van der Waals surface area contributed by atoms with Gasteiger partial charge in [-0.05, 0) is 33.2 Å². The highest BCUT2D eigenvalue weighted by Crippen LogP contribution is 2.29. The predicted octanol–water partition coefficient (Wildman–Crippen LogP) is 3.76. The maximum atomic E-state index is 9.34. The second-order valence-electron chi connectivity index (χ2n) is 5.82. The minimum absolute atomic E-state index is 0.0150. The number of methoxy groups -OCH3 is 1. The summed E-state index contributed by atoms with van der Waals surface area (Å²) in [4.78, 5) is 0. The fourth-order valence-corrected chi connectivity index (χ4v) is 2.98. The number of aliphatic hydroxyl groups is 1. The van der Waals surface area contributed by atoms with Crippen LogP contribution in [0.5, 0.6) is 0 Å². The summed E-state index contributed by atoms with van der Waals surface area (Å²) >= 11 is 0. The van der Waals surface area contributed by atoms with E-state index in [1.807, 2.05) is 0 Å². The highest BCUT2D eigenvalue weighted by molar-refractivity contribution is 6.02. The number of ether oxygens (including phenoxy) is 2. The van der Waals surface area contributed by atoms with Crippen molar-refractivity contribution in [1.29, 1.82) is 0 Å². The molecular weight excluding hydrogens is 288 g/mol. The minimum Gasteiger partial charge on any atom is -0.396 e. The fraction of sp³-hybridized carbons (Fsp3) is 0.300. The Hall–Kier alpha value is -1.94. The molecule has 120 valence electrons. The van der Waals surface area contributed by atoms with Crippen molar-refractivity contribution in [3.8, 4) is 0 Å². The van der Waals surface area contributed by atoms with Crippen molar-refractivity contribution in [3.05, 3.63) is 60.2 Å². The van der Waals surface area contributed by atoms with Crippen LogP contribution in [0.25, 0.3) is 21.5 Å². The normalized spacial score (nSPS) is 12.8. The lowest BCUT2D eigenvalue weighted by Crippen LogP contribution is -2.19. The number of hydrogen-bond acceptors (Lipinski definition) is 3. The SMILES string of the molecule is COCC(CO)COCc1c2ccccc2cc2ccccc12. The van der Waals surface area contributed by atoms with E-state index in [9.17, 15) is 5.11 Å². The van der Waals surface area contributed by atoms with Gasteiger partial charge in [-0.25, -0.2) is 0 Å². The highest BCUT2D eigenvalue weighted by atomic mass is 16.5. The third-order valence-corrected chi connectivity index (χ3v) is 4.14. The Morgan fingerprint density at radius 3 is 2.09 bits per heavy atom. The Bertz CT molecular complexity index is 728. The first-order chi connectivity index (χ1) is 11.3. The number of hydrogen-bond donors (Lipinski definition) is 1. The Morgan fingerprint density at radius 2 is 1.52 bits per heavy atom. The summed E-state index contributed by atoms with van der Waals surface area (Å²) in [5.41, 5.74) is 1.20. The number of benzene rings is 3. The van der Waals surface area contributed by atoms with Gasteiger partial charge in [0.15, 0.2) is 0 Å². The first-order valence-corrected chi connectivity index (χ1v) is 7.90. The van der Waals surface area contributed by atoms with Gasteiger partial charge in [0, 0.05) is 13.0 Å². The summed E-state index contributed by atoms with van der Waals surface area (Å²) in [6, 6.07) is 19.0. The molecule has 0 aliphatic rings. The van der Waals surface area contributed by atoms with Crippen molar-refractivity contribution in [2.75, 3.05) is 26.9 Å². The summed E-state index contributed by atoms with van der Waals surface area (Å²) in [7, 11) is 1.64. The summed E-state index contributed by atoms with van der Waals surface area (Å²) in [5, 5.41) is 14.2. The molecule has 0 heterocycles. The van der Waals surface area contributed by atoms with Crippen LogP contribution in [-0.2, 0) is 16.1 Å². The molecule has 0 aromatic heterocycles. The zero-order chi connectivity index (χ0) is 16.1. The molecule has 1 unspecified atom stereocenters. The average molecular weight is 310 g/mol. The molecule has 0 bridgehead atoms. The van der Waals surface area contributed by atoms with Crippen molar-refractivity contribution < 1.29 is 14.6 Å². The second kappa shape index (κ2) is 7.55. The van der Waals surface area contributed by atoms with E-state index in [0.29, 0.717) is 19.8 Å². The quantitative estimate of drug-likeness (QED) is 0.675. The average Bonchev–Trinajstić information content (AvgIpc) is 2.60. The van der Waals surface area contributed by atoms with Crippen LogP contribution in [0.1, 0.15) is 5.56 Å². The predicted molar refractivity (Wildman–Crippen MR) is 93.6 cm³/mol. The van der Waals surface area contributed by atoms with Crippen LogP contribution in [0, 0.1) is 5.92 Å². The van der Waals surface area contributed by atoms with Crippen LogP contribution in [-0.4, -0.2) is 32.0 Å². The molecule has 0 fully saturated rings. The van der Waals surface area contributed by atoms with Crippen LogP contribution in [0.3, 0.4) is 0 Å². The first kappa shape index (κ1) is 15.9. The van der Waals surface area contributed by atoms with Crippen LogP contribution in [0.4, 0.5) is 0 Å². The van der Waals surface area contributed by atoms with Gasteiger partial charge in [0.25, 0.3) is 0 Å². The molecule has 1 atom stereocenters. The number of rotatable bonds is 7. The Balaban J connectivity index is 1.91. The smallest absolute Gasteiger partial charge is 0.0729 e. The number of fused-ring (bicyclic) bond motifs is 2. The van der Waals surface area contributed by atoms with Crippen molar-refractivity contribution in [2.45, 2.75) is 6.61 Å². The van der Waals surface area contributed by atoms with E-state index in [4.69, 9.17) is 9.47 Å². The Kier molecular flexibility index (Phi) is 5.23. The van der Waals surface area contributed by atoms with E-state index >= 15 is 0 Å². The molecule has 3 nitrogen and oxygen atoms in total. The molecule has 0 saturated heterocycles. The van der Waals surface area contributed by atoms with Gasteiger partial charge in [-0.15, -0.1) is 0 Å². The van der Waals surface area contributed by atoms with Gasteiger partial charge < -0.3 is 14.6 Å². The van der Waals surface area contributed by atoms with E-state index in [1.165, 1.54) is 27.1 Å². The van der Waals surface area contributed by atoms with Crippen LogP contribution >= 0.6 is 0 Å². The summed E-state index contributed by atoms with van der Waals surface area (Å²) in [6.07, 6.45) is 0. The van der Waals surface area contributed by atoms with Gasteiger partial charge >= 0.3 is 0 Å². The molecule has 0 amide bonds. The molecule has 0 radical (unpaired) electrons. The van der Waals surface area contributed by atoms with E-state index in [-0.39, 0.29) is 12.5 Å². The number of aliphatic hydroxyl groups excluding tert-OH is 1. The van der Waals surface area contributed by atoms with Gasteiger partial charge in [0.05, 0.1) is 26.4 Å². The summed E-state index contributed by atoms with van der Waals surface area (Å²) in [6.45, 7) is 1.60. The van der Waals surface area contributed by atoms with Gasteiger partial charge in [-0.3, -0.25) is 0 Å². The van der Waals surface area contributed by atoms with Crippen molar-refractivity contribution in [1.82, 2.24) is 0 Å². The van der Waals surface area contributed by atoms with Gasteiger partial charge in [0.1, 0.15) is 0 Å². The van der Waals surface area contributed by atoms with Crippen molar-refractivity contribution in [2.24, 2.45) is 5.92 Å². The van der Waals surface area contributed by atoms with Crippen molar-refractivity contribution >= 4 is 21.5 Å². The molecule has 0 spiro atoms. The topological polar surface area (TPSA) is 38.7 Å². The molecule has 0 saturated carbocycles. The monoisotopic (exact) mass is 310 g/mol. The van der Waals surface area contributed by atoms with Crippen molar-refractivity contribution in [3.63, 3.8) is 0 Å². The Morgan fingerprint density at radius 1 is 0.913 bits per heavy atom. The van der Waals surface area contributed by atoms with Gasteiger partial charge in [-0.2, -0.15) is 0 Å². The van der Waals surface area contributed by atoms with E-state index in [1.54, 1.807) is 7.11 Å². The largest absolute Gasteiger partial charge is 0.396 e. The summed E-state index contributed by atoms with van der Waals surface area (Å²) in [5.74, 6) is 0.0150. The van der Waals surface area contributed by atoms with E-state index < -0.39 is 0 Å². The van der Waals surface area contributed by atoms with Crippen LogP contribution in [0.2, 0.25) is 0 Å². The van der Waals surface area contributed by atoms with Gasteiger partial charge in [-0.1, -0.05) is 48.5 Å².